The first kappa shape index (κ1) is 10.7. The van der Waals surface area contributed by atoms with E-state index in [1.165, 1.54) is 29.5 Å². The van der Waals surface area contributed by atoms with E-state index < -0.39 is 0 Å². The van der Waals surface area contributed by atoms with Crippen LogP contribution in [0.15, 0.2) is 18.2 Å². The second kappa shape index (κ2) is 4.33. The van der Waals surface area contributed by atoms with Gasteiger partial charge >= 0.3 is 0 Å². The van der Waals surface area contributed by atoms with Gasteiger partial charge in [0.25, 0.3) is 0 Å². The third kappa shape index (κ3) is 2.58. The summed E-state index contributed by atoms with van der Waals surface area (Å²) in [5.74, 6) is 0. The molecule has 0 saturated heterocycles. The minimum atomic E-state index is 0.109. The molecule has 0 bridgehead atoms. The number of benzene rings is 1. The zero-order chi connectivity index (χ0) is 10.8. The summed E-state index contributed by atoms with van der Waals surface area (Å²) in [5, 5.41) is 12.9. The number of aryl methyl sites for hydroxylation is 2. The van der Waals surface area contributed by atoms with Gasteiger partial charge in [0.05, 0.1) is 12.6 Å². The molecule has 1 unspecified atom stereocenters. The molecular weight excluding hydrogens is 186 g/mol. The van der Waals surface area contributed by atoms with Gasteiger partial charge in [0, 0.05) is 6.04 Å². The highest BCUT2D eigenvalue weighted by atomic mass is 16.3. The molecular formula is C13H19NO. The van der Waals surface area contributed by atoms with Crippen molar-refractivity contribution >= 4 is 0 Å². The first-order valence-corrected chi connectivity index (χ1v) is 5.65. The van der Waals surface area contributed by atoms with Crippen LogP contribution in [-0.2, 0) is 0 Å². The van der Waals surface area contributed by atoms with Crippen LogP contribution in [0, 0.1) is 13.8 Å². The average Bonchev–Trinajstić information content (AvgIpc) is 2.99. The summed E-state index contributed by atoms with van der Waals surface area (Å²) in [7, 11) is 0. The van der Waals surface area contributed by atoms with Crippen molar-refractivity contribution in [2.45, 2.75) is 38.8 Å². The van der Waals surface area contributed by atoms with E-state index in [4.69, 9.17) is 0 Å². The number of nitrogens with one attached hydrogen (secondary N) is 1. The van der Waals surface area contributed by atoms with Crippen molar-refractivity contribution in [2.24, 2.45) is 0 Å². The minimum absolute atomic E-state index is 0.109. The Labute approximate surface area is 91.3 Å². The Morgan fingerprint density at radius 3 is 2.67 bits per heavy atom. The molecule has 2 rings (SSSR count). The predicted molar refractivity (Wildman–Crippen MR) is 61.9 cm³/mol. The molecule has 0 aliphatic heterocycles. The third-order valence-corrected chi connectivity index (χ3v) is 3.00. The Morgan fingerprint density at radius 1 is 1.40 bits per heavy atom. The second-order valence-corrected chi connectivity index (χ2v) is 4.54. The quantitative estimate of drug-likeness (QED) is 0.789. The largest absolute Gasteiger partial charge is 0.394 e. The van der Waals surface area contributed by atoms with Gasteiger partial charge in [-0.1, -0.05) is 23.8 Å². The van der Waals surface area contributed by atoms with Gasteiger partial charge in [-0.3, -0.25) is 0 Å². The number of aliphatic hydroxyl groups is 1. The van der Waals surface area contributed by atoms with Crippen LogP contribution in [0.4, 0.5) is 0 Å². The molecule has 1 aliphatic carbocycles. The van der Waals surface area contributed by atoms with Gasteiger partial charge < -0.3 is 10.4 Å². The van der Waals surface area contributed by atoms with Crippen LogP contribution in [0.25, 0.3) is 0 Å². The summed E-state index contributed by atoms with van der Waals surface area (Å²) in [6.45, 7) is 4.39. The summed E-state index contributed by atoms with van der Waals surface area (Å²) < 4.78 is 0. The van der Waals surface area contributed by atoms with Crippen LogP contribution >= 0.6 is 0 Å². The Morgan fingerprint density at radius 2 is 2.13 bits per heavy atom. The van der Waals surface area contributed by atoms with Crippen LogP contribution < -0.4 is 5.32 Å². The monoisotopic (exact) mass is 205 g/mol. The van der Waals surface area contributed by atoms with E-state index in [2.05, 4.69) is 37.4 Å². The Kier molecular flexibility index (Phi) is 3.08. The Balaban J connectivity index is 2.16. The van der Waals surface area contributed by atoms with Gasteiger partial charge in [0.2, 0.25) is 0 Å². The summed E-state index contributed by atoms with van der Waals surface area (Å²) in [4.78, 5) is 0. The fourth-order valence-electron chi connectivity index (χ4n) is 1.99. The average molecular weight is 205 g/mol. The number of hydrogen-bond donors (Lipinski definition) is 2. The van der Waals surface area contributed by atoms with Gasteiger partial charge in [0.15, 0.2) is 0 Å². The molecule has 1 aromatic carbocycles. The molecule has 2 heteroatoms. The maximum atomic E-state index is 9.39. The van der Waals surface area contributed by atoms with Crippen LogP contribution in [0.3, 0.4) is 0 Å². The van der Waals surface area contributed by atoms with Crippen LogP contribution in [0.1, 0.15) is 35.6 Å². The van der Waals surface area contributed by atoms with E-state index in [1.807, 2.05) is 0 Å². The van der Waals surface area contributed by atoms with E-state index >= 15 is 0 Å². The van der Waals surface area contributed by atoms with E-state index in [-0.39, 0.29) is 12.6 Å². The first-order valence-electron chi connectivity index (χ1n) is 5.65. The molecule has 1 atom stereocenters. The second-order valence-electron chi connectivity index (χ2n) is 4.54. The SMILES string of the molecule is Cc1ccc(C(CO)NC2CC2)c(C)c1. The van der Waals surface area contributed by atoms with Gasteiger partial charge in [-0.25, -0.2) is 0 Å². The Bertz CT molecular complexity index is 344. The van der Waals surface area contributed by atoms with Crippen molar-refractivity contribution in [3.63, 3.8) is 0 Å². The van der Waals surface area contributed by atoms with Crippen molar-refractivity contribution in [3.8, 4) is 0 Å². The molecule has 2 N–H and O–H groups in total. The molecule has 0 radical (unpaired) electrons. The minimum Gasteiger partial charge on any atom is -0.394 e. The topological polar surface area (TPSA) is 32.3 Å². The Hall–Kier alpha value is -0.860. The van der Waals surface area contributed by atoms with Crippen molar-refractivity contribution < 1.29 is 5.11 Å². The predicted octanol–water partition coefficient (Wildman–Crippen LogP) is 2.09. The van der Waals surface area contributed by atoms with E-state index in [0.717, 1.165) is 0 Å². The lowest BCUT2D eigenvalue weighted by molar-refractivity contribution is 0.243. The van der Waals surface area contributed by atoms with Gasteiger partial charge in [-0.15, -0.1) is 0 Å². The third-order valence-electron chi connectivity index (χ3n) is 3.00. The summed E-state index contributed by atoms with van der Waals surface area (Å²) in [5.41, 5.74) is 3.77. The fraction of sp³-hybridized carbons (Fsp3) is 0.538. The molecule has 2 nitrogen and oxygen atoms in total. The number of hydrogen-bond acceptors (Lipinski definition) is 2. The molecule has 1 fully saturated rings. The lowest BCUT2D eigenvalue weighted by Gasteiger charge is -2.18. The highest BCUT2D eigenvalue weighted by molar-refractivity contribution is 5.33. The van der Waals surface area contributed by atoms with Crippen molar-refractivity contribution in [1.82, 2.24) is 5.32 Å². The van der Waals surface area contributed by atoms with E-state index in [1.54, 1.807) is 0 Å². The van der Waals surface area contributed by atoms with Gasteiger partial charge in [-0.2, -0.15) is 0 Å². The normalized spacial score (nSPS) is 17.8. The van der Waals surface area contributed by atoms with Crippen LogP contribution in [-0.4, -0.2) is 17.8 Å². The molecule has 82 valence electrons. The fourth-order valence-corrected chi connectivity index (χ4v) is 1.99. The summed E-state index contributed by atoms with van der Waals surface area (Å²) >= 11 is 0. The van der Waals surface area contributed by atoms with Crippen LogP contribution in [0.2, 0.25) is 0 Å². The molecule has 0 heterocycles. The zero-order valence-corrected chi connectivity index (χ0v) is 9.46. The highest BCUT2D eigenvalue weighted by Crippen LogP contribution is 2.25. The highest BCUT2D eigenvalue weighted by Gasteiger charge is 2.25. The molecule has 0 spiro atoms. The van der Waals surface area contributed by atoms with E-state index in [9.17, 15) is 5.11 Å². The van der Waals surface area contributed by atoms with E-state index in [0.29, 0.717) is 6.04 Å². The van der Waals surface area contributed by atoms with Crippen molar-refractivity contribution in [2.75, 3.05) is 6.61 Å². The lowest BCUT2D eigenvalue weighted by atomic mass is 9.99. The van der Waals surface area contributed by atoms with Crippen LogP contribution in [0.5, 0.6) is 0 Å². The number of aliphatic hydroxyl groups excluding tert-OH is 1. The smallest absolute Gasteiger partial charge is 0.0626 e. The van der Waals surface area contributed by atoms with Gasteiger partial charge in [-0.05, 0) is 37.8 Å². The summed E-state index contributed by atoms with van der Waals surface area (Å²) in [6.07, 6.45) is 2.50. The maximum absolute atomic E-state index is 9.39. The molecule has 1 aliphatic rings. The molecule has 1 aromatic rings. The lowest BCUT2D eigenvalue weighted by Crippen LogP contribution is -2.26. The standard InChI is InChI=1S/C13H19NO/c1-9-3-6-12(10(2)7-9)13(8-15)14-11-4-5-11/h3,6-7,11,13-15H,4-5,8H2,1-2H3. The maximum Gasteiger partial charge on any atom is 0.0626 e. The molecule has 0 amide bonds. The first-order chi connectivity index (χ1) is 7.20. The molecule has 0 aromatic heterocycles. The van der Waals surface area contributed by atoms with Gasteiger partial charge in [0.1, 0.15) is 0 Å². The molecule has 1 saturated carbocycles. The van der Waals surface area contributed by atoms with Crippen molar-refractivity contribution in [1.29, 1.82) is 0 Å². The van der Waals surface area contributed by atoms with Crippen molar-refractivity contribution in [3.05, 3.63) is 34.9 Å². The molecule has 15 heavy (non-hydrogen) atoms. The zero-order valence-electron chi connectivity index (χ0n) is 9.46. The summed E-state index contributed by atoms with van der Waals surface area (Å²) in [6, 6.07) is 7.15. The number of rotatable bonds is 4.